The summed E-state index contributed by atoms with van der Waals surface area (Å²) >= 11 is 20.1. The van der Waals surface area contributed by atoms with Crippen LogP contribution < -0.4 is 15.4 Å². The van der Waals surface area contributed by atoms with Gasteiger partial charge in [-0.2, -0.15) is 0 Å². The molecule has 0 atom stereocenters. The van der Waals surface area contributed by atoms with Gasteiger partial charge in [-0.1, -0.05) is 40.9 Å². The van der Waals surface area contributed by atoms with E-state index >= 15 is 0 Å². The molecule has 0 aliphatic carbocycles. The van der Waals surface area contributed by atoms with Gasteiger partial charge in [-0.3, -0.25) is 9.59 Å². The molecule has 6 nitrogen and oxygen atoms in total. The number of thioether (sulfide) groups is 1. The number of halogens is 4. The molecule has 11 heteroatoms. The van der Waals surface area contributed by atoms with Gasteiger partial charge in [0.05, 0.1) is 29.6 Å². The predicted molar refractivity (Wildman–Crippen MR) is 154 cm³/mol. The summed E-state index contributed by atoms with van der Waals surface area (Å²) in [4.78, 5) is 29.7. The zero-order valence-corrected chi connectivity index (χ0v) is 24.1. The number of aryl methyl sites for hydroxylation is 1. The van der Waals surface area contributed by atoms with Crippen LogP contribution in [-0.4, -0.2) is 23.6 Å². The molecule has 0 bridgehead atoms. The van der Waals surface area contributed by atoms with Gasteiger partial charge < -0.3 is 15.4 Å². The van der Waals surface area contributed by atoms with Crippen molar-refractivity contribution in [2.75, 3.05) is 11.9 Å². The fourth-order valence-corrected chi connectivity index (χ4v) is 5.67. The van der Waals surface area contributed by atoms with Crippen LogP contribution in [-0.2, 0) is 9.59 Å². The number of carbonyl (C=O) groups is 2. The lowest BCUT2D eigenvalue weighted by atomic mass is 10.2. The monoisotopic (exact) mass is 667 g/mol. The number of hydrogen-bond acceptors (Lipinski definition) is 5. The van der Waals surface area contributed by atoms with Gasteiger partial charge in [0.25, 0.3) is 11.8 Å². The molecule has 1 saturated heterocycles. The maximum Gasteiger partial charge on any atom is 0.264 e. The van der Waals surface area contributed by atoms with Crippen molar-refractivity contribution in [1.82, 2.24) is 5.32 Å². The second kappa shape index (κ2) is 11.8. The Bertz CT molecular complexity index is 1390. The molecule has 1 heterocycles. The van der Waals surface area contributed by atoms with Crippen molar-refractivity contribution < 1.29 is 14.3 Å². The first-order valence-electron chi connectivity index (χ1n) is 10.4. The number of hydrogen-bond donors (Lipinski definition) is 2. The number of amides is 2. The SMILES string of the molecule is Cc1ccc(N=C2NC(=O)/C(=C\c3cc(Br)c(OCC(=O)Nc4ccc(Cl)c(Cl)c4)c(Br)c3)S2)cc1. The predicted octanol–water partition coefficient (Wildman–Crippen LogP) is 7.74. The Morgan fingerprint density at radius 1 is 1.08 bits per heavy atom. The molecule has 184 valence electrons. The van der Waals surface area contributed by atoms with Crippen molar-refractivity contribution in [3.63, 3.8) is 0 Å². The second-order valence-electron chi connectivity index (χ2n) is 7.60. The van der Waals surface area contributed by atoms with E-state index in [1.807, 2.05) is 31.2 Å². The van der Waals surface area contributed by atoms with Crippen molar-refractivity contribution in [2.24, 2.45) is 4.99 Å². The minimum Gasteiger partial charge on any atom is -0.481 e. The van der Waals surface area contributed by atoms with Crippen LogP contribution in [0.1, 0.15) is 11.1 Å². The molecular weight excluding hydrogens is 653 g/mol. The van der Waals surface area contributed by atoms with E-state index in [2.05, 4.69) is 47.5 Å². The highest BCUT2D eigenvalue weighted by Crippen LogP contribution is 2.37. The third kappa shape index (κ3) is 6.92. The largest absolute Gasteiger partial charge is 0.481 e. The number of benzene rings is 3. The summed E-state index contributed by atoms with van der Waals surface area (Å²) in [5.41, 5.74) is 3.17. The molecule has 2 N–H and O–H groups in total. The Morgan fingerprint density at radius 3 is 2.44 bits per heavy atom. The lowest BCUT2D eigenvalue weighted by molar-refractivity contribution is -0.118. The van der Waals surface area contributed by atoms with Crippen LogP contribution in [0.25, 0.3) is 6.08 Å². The molecular formula is C25H17Br2Cl2N3O3S. The molecule has 1 aliphatic rings. The molecule has 0 unspecified atom stereocenters. The number of anilines is 1. The quantitative estimate of drug-likeness (QED) is 0.263. The van der Waals surface area contributed by atoms with Crippen LogP contribution in [0.3, 0.4) is 0 Å². The van der Waals surface area contributed by atoms with Crippen LogP contribution in [0.15, 0.2) is 73.4 Å². The number of amidine groups is 1. The van der Waals surface area contributed by atoms with E-state index in [1.54, 1.807) is 36.4 Å². The normalized spacial score (nSPS) is 15.3. The van der Waals surface area contributed by atoms with E-state index in [0.717, 1.165) is 16.8 Å². The molecule has 0 spiro atoms. The Labute approximate surface area is 238 Å². The Balaban J connectivity index is 1.42. The second-order valence-corrected chi connectivity index (χ2v) is 11.2. The Kier molecular flexibility index (Phi) is 8.79. The fourth-order valence-electron chi connectivity index (χ4n) is 3.08. The zero-order valence-electron chi connectivity index (χ0n) is 18.6. The number of carbonyl (C=O) groups excluding carboxylic acids is 2. The molecule has 2 amide bonds. The highest BCUT2D eigenvalue weighted by molar-refractivity contribution is 9.11. The molecule has 1 aliphatic heterocycles. The summed E-state index contributed by atoms with van der Waals surface area (Å²) in [6, 6.07) is 16.1. The van der Waals surface area contributed by atoms with Gasteiger partial charge in [-0.25, -0.2) is 4.99 Å². The number of rotatable bonds is 6. The van der Waals surface area contributed by atoms with Gasteiger partial charge in [0.2, 0.25) is 0 Å². The molecule has 0 radical (unpaired) electrons. The summed E-state index contributed by atoms with van der Waals surface area (Å²) < 4.78 is 6.93. The van der Waals surface area contributed by atoms with Gasteiger partial charge in [-0.15, -0.1) is 0 Å². The third-order valence-corrected chi connectivity index (χ3v) is 7.61. The van der Waals surface area contributed by atoms with Crippen LogP contribution in [0.5, 0.6) is 5.75 Å². The first kappa shape index (κ1) is 26.8. The van der Waals surface area contributed by atoms with Crippen molar-refractivity contribution in [2.45, 2.75) is 6.92 Å². The van der Waals surface area contributed by atoms with Crippen LogP contribution >= 0.6 is 66.8 Å². The maximum atomic E-state index is 12.4. The minimum atomic E-state index is -0.363. The van der Waals surface area contributed by atoms with E-state index in [9.17, 15) is 9.59 Å². The molecule has 36 heavy (non-hydrogen) atoms. The molecule has 1 fully saturated rings. The van der Waals surface area contributed by atoms with E-state index in [1.165, 1.54) is 11.8 Å². The van der Waals surface area contributed by atoms with Gasteiger partial charge in [0, 0.05) is 5.69 Å². The average molecular weight is 670 g/mol. The van der Waals surface area contributed by atoms with E-state index in [4.69, 9.17) is 27.9 Å². The average Bonchev–Trinajstić information content (AvgIpc) is 3.15. The maximum absolute atomic E-state index is 12.4. The van der Waals surface area contributed by atoms with Crippen molar-refractivity contribution >= 4 is 101 Å². The van der Waals surface area contributed by atoms with Crippen LogP contribution in [0.4, 0.5) is 11.4 Å². The van der Waals surface area contributed by atoms with Gasteiger partial charge in [0.15, 0.2) is 11.8 Å². The zero-order chi connectivity index (χ0) is 25.8. The molecule has 4 rings (SSSR count). The number of ether oxygens (including phenoxy) is 1. The van der Waals surface area contributed by atoms with Gasteiger partial charge in [0.1, 0.15) is 5.75 Å². The van der Waals surface area contributed by atoms with Crippen molar-refractivity contribution in [3.05, 3.63) is 89.6 Å². The lowest BCUT2D eigenvalue weighted by Crippen LogP contribution is -2.20. The van der Waals surface area contributed by atoms with E-state index < -0.39 is 0 Å². The van der Waals surface area contributed by atoms with Crippen molar-refractivity contribution in [3.8, 4) is 5.75 Å². The molecule has 0 saturated carbocycles. The van der Waals surface area contributed by atoms with Crippen LogP contribution in [0, 0.1) is 6.92 Å². The van der Waals surface area contributed by atoms with Crippen LogP contribution in [0.2, 0.25) is 10.0 Å². The van der Waals surface area contributed by atoms with Crippen molar-refractivity contribution in [1.29, 1.82) is 0 Å². The standard InChI is InChI=1S/C25H17Br2Cl2N3O3S/c1-13-2-4-15(5-3-13)31-25-32-24(34)21(36-25)10-14-8-17(26)23(18(27)9-14)35-12-22(33)30-16-6-7-19(28)20(29)11-16/h2-11H,12H2,1H3,(H,30,33)(H,31,32,34)/b21-10+. The Hall–Kier alpha value is -2.30. The number of nitrogens with zero attached hydrogens (tertiary/aromatic N) is 1. The summed E-state index contributed by atoms with van der Waals surface area (Å²) in [6.45, 7) is 1.78. The third-order valence-electron chi connectivity index (χ3n) is 4.78. The van der Waals surface area contributed by atoms with E-state index in [0.29, 0.717) is 40.5 Å². The lowest BCUT2D eigenvalue weighted by Gasteiger charge is -2.12. The molecule has 3 aromatic carbocycles. The van der Waals surface area contributed by atoms with Gasteiger partial charge in [-0.05, 0) is 105 Å². The number of nitrogens with one attached hydrogen (secondary N) is 2. The first-order valence-corrected chi connectivity index (χ1v) is 13.6. The minimum absolute atomic E-state index is 0.225. The number of aliphatic imine (C=N–C) groups is 1. The smallest absolute Gasteiger partial charge is 0.264 e. The topological polar surface area (TPSA) is 79.8 Å². The fraction of sp³-hybridized carbons (Fsp3) is 0.0800. The molecule has 3 aromatic rings. The first-order chi connectivity index (χ1) is 17.2. The summed E-state index contributed by atoms with van der Waals surface area (Å²) in [7, 11) is 0. The summed E-state index contributed by atoms with van der Waals surface area (Å²) in [5, 5.41) is 6.74. The highest BCUT2D eigenvalue weighted by Gasteiger charge is 2.24. The highest BCUT2D eigenvalue weighted by atomic mass is 79.9. The molecule has 0 aromatic heterocycles. The Morgan fingerprint density at radius 2 is 1.78 bits per heavy atom. The van der Waals surface area contributed by atoms with Gasteiger partial charge >= 0.3 is 0 Å². The van der Waals surface area contributed by atoms with E-state index in [-0.39, 0.29) is 18.4 Å². The summed E-state index contributed by atoms with van der Waals surface area (Å²) in [5.74, 6) is -0.137. The summed E-state index contributed by atoms with van der Waals surface area (Å²) in [6.07, 6.45) is 1.76.